The van der Waals surface area contributed by atoms with E-state index in [-0.39, 0.29) is 11.8 Å². The Labute approximate surface area is 141 Å². The van der Waals surface area contributed by atoms with Crippen LogP contribution in [0.15, 0.2) is 35.7 Å². The summed E-state index contributed by atoms with van der Waals surface area (Å²) in [6.07, 6.45) is 0.390. The average Bonchev–Trinajstić information content (AvgIpc) is 2.97. The lowest BCUT2D eigenvalue weighted by atomic mass is 10.1. The summed E-state index contributed by atoms with van der Waals surface area (Å²) >= 11 is 1.57. The van der Waals surface area contributed by atoms with Crippen LogP contribution in [-0.4, -0.2) is 24.9 Å². The number of anilines is 1. The summed E-state index contributed by atoms with van der Waals surface area (Å²) in [6.45, 7) is 6.48. The van der Waals surface area contributed by atoms with E-state index in [9.17, 15) is 9.59 Å². The van der Waals surface area contributed by atoms with Gasteiger partial charge in [-0.1, -0.05) is 23.8 Å². The molecule has 122 valence electrons. The molecule has 0 atom stereocenters. The standard InChI is InChI=1S/C18H22N2O2S/c1-13-6-7-17(14(2)11-13)20(15(3)21)9-8-19-18(22)12-16-5-4-10-23-16/h4-7,10-11H,8-9,12H2,1-3H3,(H,19,22). The number of carbonyl (C=O) groups is 2. The Kier molecular flexibility index (Phi) is 5.93. The van der Waals surface area contributed by atoms with Gasteiger partial charge in [0.15, 0.2) is 0 Å². The molecule has 2 rings (SSSR count). The minimum Gasteiger partial charge on any atom is -0.354 e. The van der Waals surface area contributed by atoms with Gasteiger partial charge in [-0.25, -0.2) is 0 Å². The molecule has 0 aliphatic carbocycles. The molecule has 2 amide bonds. The molecule has 1 heterocycles. The Bertz CT molecular complexity index is 680. The Morgan fingerprint density at radius 3 is 2.61 bits per heavy atom. The van der Waals surface area contributed by atoms with Crippen molar-refractivity contribution in [3.63, 3.8) is 0 Å². The molecular weight excluding hydrogens is 308 g/mol. The number of rotatable bonds is 6. The molecule has 0 aliphatic rings. The van der Waals surface area contributed by atoms with Crippen LogP contribution in [0.25, 0.3) is 0 Å². The smallest absolute Gasteiger partial charge is 0.225 e. The predicted molar refractivity (Wildman–Crippen MR) is 95.0 cm³/mol. The van der Waals surface area contributed by atoms with Gasteiger partial charge in [0.2, 0.25) is 11.8 Å². The first-order valence-electron chi connectivity index (χ1n) is 7.62. The first kappa shape index (κ1) is 17.2. The number of hydrogen-bond donors (Lipinski definition) is 1. The van der Waals surface area contributed by atoms with Crippen molar-refractivity contribution in [2.75, 3.05) is 18.0 Å². The van der Waals surface area contributed by atoms with E-state index in [4.69, 9.17) is 0 Å². The van der Waals surface area contributed by atoms with Gasteiger partial charge >= 0.3 is 0 Å². The first-order chi connectivity index (χ1) is 11.0. The summed E-state index contributed by atoms with van der Waals surface area (Å²) in [7, 11) is 0. The van der Waals surface area contributed by atoms with Gasteiger partial charge in [-0.3, -0.25) is 9.59 Å². The average molecular weight is 330 g/mol. The van der Waals surface area contributed by atoms with Gasteiger partial charge in [0, 0.05) is 30.6 Å². The van der Waals surface area contributed by atoms with Gasteiger partial charge in [-0.15, -0.1) is 11.3 Å². The third kappa shape index (κ3) is 4.93. The molecule has 2 aromatic rings. The largest absolute Gasteiger partial charge is 0.354 e. The molecule has 0 spiro atoms. The maximum Gasteiger partial charge on any atom is 0.225 e. The van der Waals surface area contributed by atoms with E-state index in [0.29, 0.717) is 19.5 Å². The maximum atomic E-state index is 11.9. The van der Waals surface area contributed by atoms with Crippen LogP contribution in [-0.2, 0) is 16.0 Å². The van der Waals surface area contributed by atoms with Gasteiger partial charge in [0.25, 0.3) is 0 Å². The highest BCUT2D eigenvalue weighted by Gasteiger charge is 2.14. The van der Waals surface area contributed by atoms with Crippen LogP contribution < -0.4 is 10.2 Å². The molecular formula is C18H22N2O2S. The predicted octanol–water partition coefficient (Wildman–Crippen LogP) is 3.08. The minimum atomic E-state index is -0.0236. The Balaban J connectivity index is 1.92. The summed E-state index contributed by atoms with van der Waals surface area (Å²) in [6, 6.07) is 9.89. The van der Waals surface area contributed by atoms with Crippen molar-refractivity contribution in [2.45, 2.75) is 27.2 Å². The van der Waals surface area contributed by atoms with Crippen molar-refractivity contribution >= 4 is 28.8 Å². The molecule has 0 saturated carbocycles. The van der Waals surface area contributed by atoms with Gasteiger partial charge in [0.1, 0.15) is 0 Å². The number of nitrogens with zero attached hydrogens (tertiary/aromatic N) is 1. The zero-order chi connectivity index (χ0) is 16.8. The lowest BCUT2D eigenvalue weighted by Gasteiger charge is -2.23. The number of aryl methyl sites for hydroxylation is 2. The van der Waals surface area contributed by atoms with Crippen LogP contribution in [0.4, 0.5) is 5.69 Å². The fourth-order valence-corrected chi connectivity index (χ4v) is 3.20. The number of amides is 2. The number of nitrogens with one attached hydrogen (secondary N) is 1. The second-order valence-corrected chi connectivity index (χ2v) is 6.60. The molecule has 0 radical (unpaired) electrons. The normalized spacial score (nSPS) is 10.4. The summed E-state index contributed by atoms with van der Waals surface area (Å²) in [5.74, 6) is -0.0407. The highest BCUT2D eigenvalue weighted by molar-refractivity contribution is 7.10. The van der Waals surface area contributed by atoms with Crippen LogP contribution in [0.3, 0.4) is 0 Å². The topological polar surface area (TPSA) is 49.4 Å². The van der Waals surface area contributed by atoms with Crippen molar-refractivity contribution < 1.29 is 9.59 Å². The van der Waals surface area contributed by atoms with Gasteiger partial charge in [-0.2, -0.15) is 0 Å². The molecule has 1 N–H and O–H groups in total. The highest BCUT2D eigenvalue weighted by Crippen LogP contribution is 2.21. The van der Waals surface area contributed by atoms with Gasteiger partial charge < -0.3 is 10.2 Å². The van der Waals surface area contributed by atoms with Crippen LogP contribution in [0.2, 0.25) is 0 Å². The second kappa shape index (κ2) is 7.92. The minimum absolute atomic E-state index is 0.0171. The quantitative estimate of drug-likeness (QED) is 0.885. The molecule has 5 heteroatoms. The Morgan fingerprint density at radius 1 is 1.22 bits per heavy atom. The monoisotopic (exact) mass is 330 g/mol. The zero-order valence-corrected chi connectivity index (χ0v) is 14.6. The SMILES string of the molecule is CC(=O)N(CCNC(=O)Cc1cccs1)c1ccc(C)cc1C. The Morgan fingerprint density at radius 2 is 2.00 bits per heavy atom. The third-order valence-electron chi connectivity index (χ3n) is 3.60. The summed E-state index contributed by atoms with van der Waals surface area (Å²) in [4.78, 5) is 26.6. The molecule has 0 unspecified atom stereocenters. The zero-order valence-electron chi connectivity index (χ0n) is 13.8. The van der Waals surface area contributed by atoms with Gasteiger partial charge in [0.05, 0.1) is 6.42 Å². The van der Waals surface area contributed by atoms with E-state index >= 15 is 0 Å². The maximum absolute atomic E-state index is 11.9. The lowest BCUT2D eigenvalue weighted by molar-refractivity contribution is -0.120. The van der Waals surface area contributed by atoms with Crippen LogP contribution in [0, 0.1) is 13.8 Å². The molecule has 23 heavy (non-hydrogen) atoms. The van der Waals surface area contributed by atoms with Gasteiger partial charge in [-0.05, 0) is 36.9 Å². The van der Waals surface area contributed by atoms with Crippen molar-refractivity contribution in [3.05, 3.63) is 51.7 Å². The van der Waals surface area contributed by atoms with E-state index in [2.05, 4.69) is 11.4 Å². The van der Waals surface area contributed by atoms with Crippen LogP contribution in [0.1, 0.15) is 22.9 Å². The Hall–Kier alpha value is -2.14. The molecule has 1 aromatic carbocycles. The van der Waals surface area contributed by atoms with Crippen molar-refractivity contribution in [3.8, 4) is 0 Å². The highest BCUT2D eigenvalue weighted by atomic mass is 32.1. The van der Waals surface area contributed by atoms with Crippen molar-refractivity contribution in [1.29, 1.82) is 0 Å². The van der Waals surface area contributed by atoms with Crippen LogP contribution in [0.5, 0.6) is 0 Å². The molecule has 0 saturated heterocycles. The molecule has 1 aromatic heterocycles. The van der Waals surface area contributed by atoms with E-state index in [0.717, 1.165) is 16.1 Å². The molecule has 0 fully saturated rings. The molecule has 0 aliphatic heterocycles. The number of carbonyl (C=O) groups excluding carboxylic acids is 2. The lowest BCUT2D eigenvalue weighted by Crippen LogP contribution is -2.38. The number of benzene rings is 1. The summed E-state index contributed by atoms with van der Waals surface area (Å²) in [5.41, 5.74) is 3.12. The number of hydrogen-bond acceptors (Lipinski definition) is 3. The molecule has 4 nitrogen and oxygen atoms in total. The fourth-order valence-electron chi connectivity index (χ4n) is 2.50. The number of thiophene rings is 1. The third-order valence-corrected chi connectivity index (χ3v) is 4.47. The van der Waals surface area contributed by atoms with Crippen molar-refractivity contribution in [1.82, 2.24) is 5.32 Å². The summed E-state index contributed by atoms with van der Waals surface area (Å²) in [5, 5.41) is 4.84. The van der Waals surface area contributed by atoms with Crippen molar-refractivity contribution in [2.24, 2.45) is 0 Å². The van der Waals surface area contributed by atoms with E-state index < -0.39 is 0 Å². The fraction of sp³-hybridized carbons (Fsp3) is 0.333. The van der Waals surface area contributed by atoms with E-state index in [1.165, 1.54) is 5.56 Å². The van der Waals surface area contributed by atoms with E-state index in [1.54, 1.807) is 23.2 Å². The first-order valence-corrected chi connectivity index (χ1v) is 8.50. The van der Waals surface area contributed by atoms with E-state index in [1.807, 2.05) is 43.5 Å². The van der Waals surface area contributed by atoms with Crippen LogP contribution >= 0.6 is 11.3 Å². The summed E-state index contributed by atoms with van der Waals surface area (Å²) < 4.78 is 0. The second-order valence-electron chi connectivity index (χ2n) is 5.57. The molecule has 0 bridgehead atoms.